The molecule has 0 unspecified atom stereocenters. The number of halogens is 5. The number of hydrogen-bond donors (Lipinski definition) is 1. The number of benzene rings is 1. The van der Waals surface area contributed by atoms with Gasteiger partial charge in [0.25, 0.3) is 0 Å². The molecule has 2 heterocycles. The Morgan fingerprint density at radius 3 is 2.59 bits per heavy atom. The van der Waals surface area contributed by atoms with E-state index in [-0.39, 0.29) is 6.42 Å². The number of nitrogens with zero attached hydrogens (tertiary/aromatic N) is 2. The summed E-state index contributed by atoms with van der Waals surface area (Å²) in [6.45, 7) is 1.66. The maximum atomic E-state index is 13.3. The van der Waals surface area contributed by atoms with Crippen molar-refractivity contribution in [1.82, 2.24) is 9.78 Å². The van der Waals surface area contributed by atoms with Gasteiger partial charge in [-0.2, -0.15) is 18.3 Å². The molecule has 2 aromatic rings. The van der Waals surface area contributed by atoms with E-state index < -0.39 is 18.3 Å². The van der Waals surface area contributed by atoms with Gasteiger partial charge in [0.15, 0.2) is 6.04 Å². The third-order valence-electron chi connectivity index (χ3n) is 3.66. The molecule has 0 bridgehead atoms. The summed E-state index contributed by atoms with van der Waals surface area (Å²) in [5.41, 5.74) is 1.19. The lowest BCUT2D eigenvalue weighted by molar-refractivity contribution is -0.173. The Kier molecular flexibility index (Phi) is 3.77. The van der Waals surface area contributed by atoms with Crippen molar-refractivity contribution in [3.05, 3.63) is 45.6 Å². The lowest BCUT2D eigenvalue weighted by Crippen LogP contribution is -2.35. The maximum absolute atomic E-state index is 13.3. The van der Waals surface area contributed by atoms with Crippen LogP contribution >= 0.6 is 23.2 Å². The van der Waals surface area contributed by atoms with Crippen LogP contribution in [0.1, 0.15) is 29.8 Å². The highest BCUT2D eigenvalue weighted by molar-refractivity contribution is 6.42. The van der Waals surface area contributed by atoms with Crippen molar-refractivity contribution in [3.8, 4) is 0 Å². The predicted octanol–water partition coefficient (Wildman–Crippen LogP) is 5.16. The summed E-state index contributed by atoms with van der Waals surface area (Å²) in [4.78, 5) is 0. The van der Waals surface area contributed by atoms with Crippen molar-refractivity contribution < 1.29 is 13.2 Å². The molecule has 0 saturated carbocycles. The van der Waals surface area contributed by atoms with E-state index in [4.69, 9.17) is 23.2 Å². The smallest absolute Gasteiger partial charge is 0.363 e. The first kappa shape index (κ1) is 15.5. The van der Waals surface area contributed by atoms with E-state index in [2.05, 4.69) is 10.4 Å². The molecule has 1 aliphatic heterocycles. The highest BCUT2D eigenvalue weighted by Crippen LogP contribution is 2.44. The zero-order chi connectivity index (χ0) is 16.1. The molecule has 0 saturated heterocycles. The standard InChI is InChI=1S/C14H12Cl2F3N3/c1-7-4-13-20-11(8-2-3-9(15)10(16)5-8)6-12(14(17,18)19)22(13)21-7/h2-5,11-12,20H,6H2,1H3/t11-,12+/m1/s1. The number of hydrogen-bond acceptors (Lipinski definition) is 2. The largest absolute Gasteiger partial charge is 0.410 e. The molecule has 0 radical (unpaired) electrons. The van der Waals surface area contributed by atoms with Gasteiger partial charge in [-0.3, -0.25) is 0 Å². The van der Waals surface area contributed by atoms with Crippen LogP contribution in [0.15, 0.2) is 24.3 Å². The Balaban J connectivity index is 2.00. The summed E-state index contributed by atoms with van der Waals surface area (Å²) >= 11 is 11.8. The van der Waals surface area contributed by atoms with Crippen LogP contribution in [-0.2, 0) is 0 Å². The molecule has 1 aromatic carbocycles. The zero-order valence-corrected chi connectivity index (χ0v) is 13.0. The van der Waals surface area contributed by atoms with E-state index in [0.29, 0.717) is 27.1 Å². The number of aromatic nitrogens is 2. The highest BCUT2D eigenvalue weighted by atomic mass is 35.5. The summed E-state index contributed by atoms with van der Waals surface area (Å²) < 4.78 is 41.0. The van der Waals surface area contributed by atoms with Gasteiger partial charge in [0.1, 0.15) is 5.82 Å². The number of alkyl halides is 3. The van der Waals surface area contributed by atoms with Crippen molar-refractivity contribution in [2.24, 2.45) is 0 Å². The molecule has 0 aliphatic carbocycles. The van der Waals surface area contributed by atoms with Gasteiger partial charge in [0.05, 0.1) is 21.8 Å². The number of anilines is 1. The molecule has 1 aromatic heterocycles. The van der Waals surface area contributed by atoms with Gasteiger partial charge >= 0.3 is 6.18 Å². The molecule has 3 rings (SSSR count). The first-order chi connectivity index (χ1) is 10.3. The van der Waals surface area contributed by atoms with Gasteiger partial charge in [-0.05, 0) is 24.6 Å². The molecule has 0 spiro atoms. The SMILES string of the molecule is Cc1cc2n(n1)[C@H](C(F)(F)F)C[C@H](c1ccc(Cl)c(Cl)c1)N2. The molecule has 3 nitrogen and oxygen atoms in total. The molecule has 118 valence electrons. The third kappa shape index (κ3) is 2.77. The van der Waals surface area contributed by atoms with Crippen molar-refractivity contribution in [1.29, 1.82) is 0 Å². The van der Waals surface area contributed by atoms with Gasteiger partial charge in [-0.15, -0.1) is 0 Å². The van der Waals surface area contributed by atoms with Crippen LogP contribution in [-0.4, -0.2) is 16.0 Å². The summed E-state index contributed by atoms with van der Waals surface area (Å²) in [6, 6.07) is 4.27. The van der Waals surface area contributed by atoms with E-state index in [1.807, 2.05) is 0 Å². The highest BCUT2D eigenvalue weighted by Gasteiger charge is 2.46. The minimum absolute atomic E-state index is 0.157. The second kappa shape index (κ2) is 5.35. The Labute approximate surface area is 135 Å². The second-order valence-electron chi connectivity index (χ2n) is 5.28. The molecule has 0 fully saturated rings. The molecule has 8 heteroatoms. The Hall–Kier alpha value is -1.40. The van der Waals surface area contributed by atoms with Gasteiger partial charge in [-0.1, -0.05) is 29.3 Å². The predicted molar refractivity (Wildman–Crippen MR) is 79.5 cm³/mol. The first-order valence-electron chi connectivity index (χ1n) is 6.60. The fourth-order valence-electron chi connectivity index (χ4n) is 2.64. The van der Waals surface area contributed by atoms with Crippen LogP contribution in [0.2, 0.25) is 10.0 Å². The zero-order valence-electron chi connectivity index (χ0n) is 11.5. The fraction of sp³-hybridized carbons (Fsp3) is 0.357. The molecule has 2 atom stereocenters. The summed E-state index contributed by atoms with van der Waals surface area (Å²) in [7, 11) is 0. The number of rotatable bonds is 1. The molecular weight excluding hydrogens is 338 g/mol. The number of fused-ring (bicyclic) bond motifs is 1. The normalized spacial score (nSPS) is 21.4. The summed E-state index contributed by atoms with van der Waals surface area (Å²) in [5, 5.41) is 7.72. The first-order valence-corrected chi connectivity index (χ1v) is 7.35. The Bertz CT molecular complexity index is 712. The lowest BCUT2D eigenvalue weighted by atomic mass is 9.97. The van der Waals surface area contributed by atoms with E-state index >= 15 is 0 Å². The van der Waals surface area contributed by atoms with Gasteiger partial charge < -0.3 is 5.32 Å². The molecular formula is C14H12Cl2F3N3. The number of nitrogens with one attached hydrogen (secondary N) is 1. The van der Waals surface area contributed by atoms with Crippen LogP contribution in [0.5, 0.6) is 0 Å². The minimum atomic E-state index is -4.37. The average Bonchev–Trinajstić information content (AvgIpc) is 2.79. The van der Waals surface area contributed by atoms with Crippen LogP contribution in [0.3, 0.4) is 0 Å². The molecule has 1 N–H and O–H groups in total. The monoisotopic (exact) mass is 349 g/mol. The van der Waals surface area contributed by atoms with Crippen molar-refractivity contribution >= 4 is 29.0 Å². The summed E-state index contributed by atoms with van der Waals surface area (Å²) in [5.74, 6) is 0.349. The van der Waals surface area contributed by atoms with Gasteiger partial charge in [0.2, 0.25) is 0 Å². The van der Waals surface area contributed by atoms with E-state index in [1.165, 1.54) is 0 Å². The summed E-state index contributed by atoms with van der Waals surface area (Å²) in [6.07, 6.45) is -4.53. The maximum Gasteiger partial charge on any atom is 0.410 e. The molecule has 22 heavy (non-hydrogen) atoms. The topological polar surface area (TPSA) is 29.9 Å². The van der Waals surface area contributed by atoms with E-state index in [9.17, 15) is 13.2 Å². The lowest BCUT2D eigenvalue weighted by Gasteiger charge is -2.33. The van der Waals surface area contributed by atoms with Crippen molar-refractivity contribution in [2.75, 3.05) is 5.32 Å². The quantitative estimate of drug-likeness (QED) is 0.770. The van der Waals surface area contributed by atoms with Crippen molar-refractivity contribution in [3.63, 3.8) is 0 Å². The Morgan fingerprint density at radius 1 is 1.23 bits per heavy atom. The van der Waals surface area contributed by atoms with Gasteiger partial charge in [-0.25, -0.2) is 4.68 Å². The van der Waals surface area contributed by atoms with Gasteiger partial charge in [0, 0.05) is 12.5 Å². The van der Waals surface area contributed by atoms with Crippen LogP contribution in [0.25, 0.3) is 0 Å². The van der Waals surface area contributed by atoms with E-state index in [1.54, 1.807) is 31.2 Å². The average molecular weight is 350 g/mol. The minimum Gasteiger partial charge on any atom is -0.363 e. The third-order valence-corrected chi connectivity index (χ3v) is 4.40. The fourth-order valence-corrected chi connectivity index (χ4v) is 2.95. The van der Waals surface area contributed by atoms with Crippen molar-refractivity contribution in [2.45, 2.75) is 31.6 Å². The van der Waals surface area contributed by atoms with Crippen LogP contribution < -0.4 is 5.32 Å². The Morgan fingerprint density at radius 2 is 1.95 bits per heavy atom. The molecule has 1 aliphatic rings. The van der Waals surface area contributed by atoms with E-state index in [0.717, 1.165) is 4.68 Å². The molecule has 0 amide bonds. The van der Waals surface area contributed by atoms with Crippen LogP contribution in [0, 0.1) is 6.92 Å². The second-order valence-corrected chi connectivity index (χ2v) is 6.09. The van der Waals surface area contributed by atoms with Crippen LogP contribution in [0.4, 0.5) is 19.0 Å². The number of aryl methyl sites for hydroxylation is 1.